The van der Waals surface area contributed by atoms with Crippen LogP contribution in [-0.2, 0) is 12.7 Å². The molecule has 0 aliphatic carbocycles. The molecule has 0 bridgehead atoms. The van der Waals surface area contributed by atoms with Crippen LogP contribution in [0.1, 0.15) is 32.5 Å². The van der Waals surface area contributed by atoms with Crippen molar-refractivity contribution in [1.82, 2.24) is 9.55 Å². The number of hydrogen-bond acceptors (Lipinski definition) is 2. The topological polar surface area (TPSA) is 43.8 Å². The highest BCUT2D eigenvalue weighted by Gasteiger charge is 2.37. The average molecular weight is 285 g/mol. The molecule has 3 nitrogen and oxygen atoms in total. The number of benzene rings is 1. The van der Waals surface area contributed by atoms with Crippen LogP contribution in [0.5, 0.6) is 0 Å². The second-order valence-electron chi connectivity index (χ2n) is 5.37. The van der Waals surface area contributed by atoms with E-state index in [1.807, 2.05) is 0 Å². The van der Waals surface area contributed by atoms with Gasteiger partial charge < -0.3 is 10.3 Å². The van der Waals surface area contributed by atoms with Crippen LogP contribution >= 0.6 is 0 Å². The highest BCUT2D eigenvalue weighted by molar-refractivity contribution is 5.79. The second kappa shape index (κ2) is 5.34. The average Bonchev–Trinajstić information content (AvgIpc) is 2.66. The molecule has 0 saturated heterocycles. The van der Waals surface area contributed by atoms with Crippen LogP contribution in [0.3, 0.4) is 0 Å². The number of nitrogen functional groups attached to an aromatic ring is 1. The van der Waals surface area contributed by atoms with Gasteiger partial charge in [-0.3, -0.25) is 0 Å². The van der Waals surface area contributed by atoms with Gasteiger partial charge in [-0.05, 0) is 37.0 Å². The van der Waals surface area contributed by atoms with Gasteiger partial charge >= 0.3 is 6.18 Å². The Labute approximate surface area is 115 Å². The van der Waals surface area contributed by atoms with Gasteiger partial charge in [-0.2, -0.15) is 13.2 Å². The Morgan fingerprint density at radius 3 is 2.60 bits per heavy atom. The summed E-state index contributed by atoms with van der Waals surface area (Å²) >= 11 is 0. The van der Waals surface area contributed by atoms with Crippen molar-refractivity contribution in [3.8, 4) is 0 Å². The maximum atomic E-state index is 13.1. The maximum Gasteiger partial charge on any atom is 0.449 e. The van der Waals surface area contributed by atoms with Crippen LogP contribution in [0.25, 0.3) is 11.0 Å². The molecule has 0 unspecified atom stereocenters. The van der Waals surface area contributed by atoms with Crippen molar-refractivity contribution in [2.75, 3.05) is 5.73 Å². The minimum absolute atomic E-state index is 0.293. The highest BCUT2D eigenvalue weighted by atomic mass is 19.4. The molecule has 0 aliphatic heterocycles. The fourth-order valence-electron chi connectivity index (χ4n) is 2.25. The summed E-state index contributed by atoms with van der Waals surface area (Å²) in [6.07, 6.45) is -2.88. The first-order valence-corrected chi connectivity index (χ1v) is 6.62. The maximum absolute atomic E-state index is 13.1. The zero-order valence-electron chi connectivity index (χ0n) is 11.5. The molecule has 2 N–H and O–H groups in total. The van der Waals surface area contributed by atoms with Crippen molar-refractivity contribution in [1.29, 1.82) is 0 Å². The standard InChI is InChI=1S/C14H18F3N3/c1-9(2)4-3-7-20-12-6-5-10(18)8-11(12)19-13(20)14(15,16)17/h5-6,8-9H,3-4,7,18H2,1-2H3. The predicted molar refractivity (Wildman–Crippen MR) is 73.2 cm³/mol. The summed E-state index contributed by atoms with van der Waals surface area (Å²) in [6.45, 7) is 4.42. The van der Waals surface area contributed by atoms with E-state index in [-0.39, 0.29) is 0 Å². The molecule has 20 heavy (non-hydrogen) atoms. The molecule has 2 rings (SSSR count). The van der Waals surface area contributed by atoms with Crippen molar-refractivity contribution in [3.05, 3.63) is 24.0 Å². The molecule has 110 valence electrons. The molecule has 2 aromatic rings. The van der Waals surface area contributed by atoms with Crippen molar-refractivity contribution >= 4 is 16.7 Å². The molecule has 0 amide bonds. The number of halogens is 3. The number of imidazole rings is 1. The molecule has 0 fully saturated rings. The molecule has 0 saturated carbocycles. The zero-order valence-corrected chi connectivity index (χ0v) is 11.5. The number of nitrogens with two attached hydrogens (primary N) is 1. The summed E-state index contributed by atoms with van der Waals surface area (Å²) in [4.78, 5) is 3.70. The summed E-state index contributed by atoms with van der Waals surface area (Å²) in [7, 11) is 0. The van der Waals surface area contributed by atoms with Gasteiger partial charge in [0.05, 0.1) is 11.0 Å². The predicted octanol–water partition coefficient (Wildman–Crippen LogP) is 4.07. The van der Waals surface area contributed by atoms with E-state index in [0.717, 1.165) is 6.42 Å². The summed E-state index contributed by atoms with van der Waals surface area (Å²) in [5.41, 5.74) is 6.79. The molecule has 0 spiro atoms. The van der Waals surface area contributed by atoms with Crippen LogP contribution in [-0.4, -0.2) is 9.55 Å². The Balaban J connectivity index is 2.42. The van der Waals surface area contributed by atoms with Gasteiger partial charge in [0.1, 0.15) is 0 Å². The van der Waals surface area contributed by atoms with Gasteiger partial charge in [-0.25, -0.2) is 4.98 Å². The van der Waals surface area contributed by atoms with Crippen molar-refractivity contribution in [2.45, 2.75) is 39.4 Å². The lowest BCUT2D eigenvalue weighted by atomic mass is 10.1. The van der Waals surface area contributed by atoms with Crippen molar-refractivity contribution in [2.24, 2.45) is 5.92 Å². The van der Waals surface area contributed by atoms with E-state index >= 15 is 0 Å². The summed E-state index contributed by atoms with van der Waals surface area (Å²) < 4.78 is 40.4. The van der Waals surface area contributed by atoms with E-state index in [2.05, 4.69) is 18.8 Å². The van der Waals surface area contributed by atoms with Crippen LogP contribution in [0.4, 0.5) is 18.9 Å². The first-order valence-electron chi connectivity index (χ1n) is 6.62. The SMILES string of the molecule is CC(C)CCCn1c(C(F)(F)F)nc2cc(N)ccc21. The lowest BCUT2D eigenvalue weighted by Gasteiger charge is -2.12. The lowest BCUT2D eigenvalue weighted by molar-refractivity contribution is -0.147. The molecule has 0 aliphatic rings. The molecule has 1 heterocycles. The minimum atomic E-state index is -4.45. The fraction of sp³-hybridized carbons (Fsp3) is 0.500. The Hall–Kier alpha value is -1.72. The summed E-state index contributed by atoms with van der Waals surface area (Å²) in [5, 5.41) is 0. The molecular formula is C14H18F3N3. The van der Waals surface area contributed by atoms with E-state index in [0.29, 0.717) is 35.6 Å². The number of aryl methyl sites for hydroxylation is 1. The smallest absolute Gasteiger partial charge is 0.399 e. The van der Waals surface area contributed by atoms with Crippen molar-refractivity contribution in [3.63, 3.8) is 0 Å². The van der Waals surface area contributed by atoms with Gasteiger partial charge in [0.2, 0.25) is 5.82 Å². The van der Waals surface area contributed by atoms with Gasteiger partial charge in [0, 0.05) is 12.2 Å². The third-order valence-electron chi connectivity index (χ3n) is 3.19. The number of rotatable bonds is 4. The molecule has 6 heteroatoms. The number of nitrogens with zero attached hydrogens (tertiary/aromatic N) is 2. The van der Waals surface area contributed by atoms with E-state index in [1.165, 1.54) is 10.6 Å². The third kappa shape index (κ3) is 3.05. The molecule has 1 aromatic heterocycles. The molecular weight excluding hydrogens is 267 g/mol. The summed E-state index contributed by atoms with van der Waals surface area (Å²) in [6, 6.07) is 4.68. The normalized spacial score (nSPS) is 12.5. The first kappa shape index (κ1) is 14.7. The minimum Gasteiger partial charge on any atom is -0.399 e. The number of anilines is 1. The largest absolute Gasteiger partial charge is 0.449 e. The molecule has 0 atom stereocenters. The number of fused-ring (bicyclic) bond motifs is 1. The number of alkyl halides is 3. The molecule has 0 radical (unpaired) electrons. The lowest BCUT2D eigenvalue weighted by Crippen LogP contribution is -2.15. The third-order valence-corrected chi connectivity index (χ3v) is 3.19. The van der Waals surface area contributed by atoms with Crippen LogP contribution in [0.15, 0.2) is 18.2 Å². The van der Waals surface area contributed by atoms with Gasteiger partial charge in [0.25, 0.3) is 0 Å². The first-order chi connectivity index (χ1) is 9.29. The van der Waals surface area contributed by atoms with Crippen LogP contribution in [0, 0.1) is 5.92 Å². The summed E-state index contributed by atoms with van der Waals surface area (Å²) in [5.74, 6) is -0.378. The van der Waals surface area contributed by atoms with Crippen LogP contribution in [0.2, 0.25) is 0 Å². The van der Waals surface area contributed by atoms with E-state index in [9.17, 15) is 13.2 Å². The zero-order chi connectivity index (χ0) is 14.9. The molecule has 1 aromatic carbocycles. The van der Waals surface area contributed by atoms with Gasteiger partial charge in [-0.1, -0.05) is 13.8 Å². The monoisotopic (exact) mass is 285 g/mol. The Bertz CT molecular complexity index is 599. The number of aromatic nitrogens is 2. The van der Waals surface area contributed by atoms with E-state index in [1.54, 1.807) is 12.1 Å². The van der Waals surface area contributed by atoms with Crippen molar-refractivity contribution < 1.29 is 13.2 Å². The van der Waals surface area contributed by atoms with E-state index < -0.39 is 12.0 Å². The Morgan fingerprint density at radius 1 is 1.30 bits per heavy atom. The fourth-order valence-corrected chi connectivity index (χ4v) is 2.25. The number of hydrogen-bond donors (Lipinski definition) is 1. The highest BCUT2D eigenvalue weighted by Crippen LogP contribution is 2.32. The van der Waals surface area contributed by atoms with Crippen LogP contribution < -0.4 is 5.73 Å². The van der Waals surface area contributed by atoms with Gasteiger partial charge in [0.15, 0.2) is 0 Å². The Morgan fingerprint density at radius 2 is 2.00 bits per heavy atom. The van der Waals surface area contributed by atoms with E-state index in [4.69, 9.17) is 5.73 Å². The second-order valence-corrected chi connectivity index (χ2v) is 5.37. The van der Waals surface area contributed by atoms with Gasteiger partial charge in [-0.15, -0.1) is 0 Å². The quantitative estimate of drug-likeness (QED) is 0.860. The Kier molecular flexibility index (Phi) is 3.92.